The minimum Gasteiger partial charge on any atom is -0.275 e. The molecule has 2 rings (SSSR count). The Balaban J connectivity index is 2.57. The zero-order valence-electron chi connectivity index (χ0n) is 10.0. The molecule has 0 atom stereocenters. The predicted molar refractivity (Wildman–Crippen MR) is 62.7 cm³/mol. The van der Waals surface area contributed by atoms with E-state index in [1.165, 1.54) is 0 Å². The summed E-state index contributed by atoms with van der Waals surface area (Å²) in [5, 5.41) is 8.94. The maximum absolute atomic E-state index is 8.94. The summed E-state index contributed by atoms with van der Waals surface area (Å²) in [6.45, 7) is 6.00. The van der Waals surface area contributed by atoms with E-state index in [1.54, 1.807) is 17.0 Å². The average Bonchev–Trinajstić information content (AvgIpc) is 2.76. The van der Waals surface area contributed by atoms with Gasteiger partial charge in [0.1, 0.15) is 17.7 Å². The van der Waals surface area contributed by atoms with Gasteiger partial charge in [0.2, 0.25) is 5.82 Å². The van der Waals surface area contributed by atoms with Gasteiger partial charge in [-0.25, -0.2) is 15.0 Å². The molecule has 0 radical (unpaired) electrons. The molecule has 5 nitrogen and oxygen atoms in total. The Morgan fingerprint density at radius 2 is 2.12 bits per heavy atom. The van der Waals surface area contributed by atoms with E-state index >= 15 is 0 Å². The van der Waals surface area contributed by atoms with Crippen LogP contribution in [0, 0.1) is 18.3 Å². The standard InChI is InChI=1S/C12H13N5/c1-8(2)12-15-9(3)6-10(16-12)17-5-4-14-11(17)7-13/h4-6,8H,1-3H3. The van der Waals surface area contributed by atoms with Crippen molar-refractivity contribution in [3.8, 4) is 11.9 Å². The predicted octanol–water partition coefficient (Wildman–Crippen LogP) is 1.97. The molecule has 2 aromatic rings. The second-order valence-electron chi connectivity index (χ2n) is 4.11. The Morgan fingerprint density at radius 1 is 1.35 bits per heavy atom. The zero-order valence-corrected chi connectivity index (χ0v) is 10.0. The lowest BCUT2D eigenvalue weighted by atomic mass is 10.2. The SMILES string of the molecule is Cc1cc(-n2ccnc2C#N)nc(C(C)C)n1. The van der Waals surface area contributed by atoms with E-state index in [-0.39, 0.29) is 5.92 Å². The van der Waals surface area contributed by atoms with Crippen LogP contribution < -0.4 is 0 Å². The normalized spacial score (nSPS) is 10.5. The van der Waals surface area contributed by atoms with Gasteiger partial charge in [-0.1, -0.05) is 13.8 Å². The molecule has 0 saturated heterocycles. The fourth-order valence-electron chi connectivity index (χ4n) is 1.53. The first-order chi connectivity index (χ1) is 8.11. The van der Waals surface area contributed by atoms with Gasteiger partial charge in [0.15, 0.2) is 0 Å². The van der Waals surface area contributed by atoms with Crippen molar-refractivity contribution < 1.29 is 0 Å². The highest BCUT2D eigenvalue weighted by molar-refractivity contribution is 5.31. The van der Waals surface area contributed by atoms with Crippen LogP contribution in [0.3, 0.4) is 0 Å². The third-order valence-electron chi connectivity index (χ3n) is 2.36. The maximum atomic E-state index is 8.94. The van der Waals surface area contributed by atoms with Crippen LogP contribution >= 0.6 is 0 Å². The molecule has 0 N–H and O–H groups in total. The van der Waals surface area contributed by atoms with Gasteiger partial charge in [0.05, 0.1) is 0 Å². The van der Waals surface area contributed by atoms with Crippen molar-refractivity contribution in [2.75, 3.05) is 0 Å². The fourth-order valence-corrected chi connectivity index (χ4v) is 1.53. The van der Waals surface area contributed by atoms with Crippen LogP contribution in [0.25, 0.3) is 5.82 Å². The number of imidazole rings is 1. The Bertz CT molecular complexity index is 577. The number of aromatic nitrogens is 4. The summed E-state index contributed by atoms with van der Waals surface area (Å²) in [6.07, 6.45) is 3.31. The lowest BCUT2D eigenvalue weighted by Crippen LogP contribution is -2.06. The molecule has 0 spiro atoms. The van der Waals surface area contributed by atoms with Crippen molar-refractivity contribution in [2.45, 2.75) is 26.7 Å². The number of nitrogens with zero attached hydrogens (tertiary/aromatic N) is 5. The van der Waals surface area contributed by atoms with Gasteiger partial charge in [0.25, 0.3) is 0 Å². The monoisotopic (exact) mass is 227 g/mol. The maximum Gasteiger partial charge on any atom is 0.218 e. The molecule has 17 heavy (non-hydrogen) atoms. The number of rotatable bonds is 2. The third-order valence-corrected chi connectivity index (χ3v) is 2.36. The first kappa shape index (κ1) is 11.3. The summed E-state index contributed by atoms with van der Waals surface area (Å²) in [6, 6.07) is 3.88. The molecule has 86 valence electrons. The Morgan fingerprint density at radius 3 is 2.76 bits per heavy atom. The molecule has 0 amide bonds. The van der Waals surface area contributed by atoms with Gasteiger partial charge in [-0.15, -0.1) is 0 Å². The Hall–Kier alpha value is -2.22. The van der Waals surface area contributed by atoms with Crippen molar-refractivity contribution in [3.63, 3.8) is 0 Å². The van der Waals surface area contributed by atoms with Crippen molar-refractivity contribution in [3.05, 3.63) is 35.8 Å². The molecule has 5 heteroatoms. The van der Waals surface area contributed by atoms with Gasteiger partial charge in [-0.2, -0.15) is 5.26 Å². The lowest BCUT2D eigenvalue weighted by molar-refractivity contribution is 0.753. The average molecular weight is 227 g/mol. The summed E-state index contributed by atoms with van der Waals surface area (Å²) in [4.78, 5) is 12.8. The summed E-state index contributed by atoms with van der Waals surface area (Å²) in [5.41, 5.74) is 0.885. The molecule has 0 bridgehead atoms. The first-order valence-corrected chi connectivity index (χ1v) is 5.41. The number of nitriles is 1. The third kappa shape index (κ3) is 2.16. The van der Waals surface area contributed by atoms with Crippen LogP contribution in [-0.4, -0.2) is 19.5 Å². The Labute approximate surface area is 99.8 Å². The molecule has 0 unspecified atom stereocenters. The van der Waals surface area contributed by atoms with Crippen LogP contribution in [0.4, 0.5) is 0 Å². The van der Waals surface area contributed by atoms with Crippen molar-refractivity contribution in [2.24, 2.45) is 0 Å². The topological polar surface area (TPSA) is 67.4 Å². The van der Waals surface area contributed by atoms with E-state index < -0.39 is 0 Å². The van der Waals surface area contributed by atoms with Crippen molar-refractivity contribution >= 4 is 0 Å². The van der Waals surface area contributed by atoms with E-state index in [0.29, 0.717) is 11.6 Å². The minimum atomic E-state index is 0.253. The summed E-state index contributed by atoms with van der Waals surface area (Å²) in [7, 11) is 0. The van der Waals surface area contributed by atoms with E-state index in [0.717, 1.165) is 11.5 Å². The van der Waals surface area contributed by atoms with Crippen LogP contribution in [0.1, 0.15) is 37.1 Å². The molecule has 2 aromatic heterocycles. The molecule has 0 saturated carbocycles. The molecule has 0 aliphatic heterocycles. The largest absolute Gasteiger partial charge is 0.275 e. The number of hydrogen-bond donors (Lipinski definition) is 0. The van der Waals surface area contributed by atoms with Crippen LogP contribution in [-0.2, 0) is 0 Å². The molecule has 2 heterocycles. The summed E-state index contributed by atoms with van der Waals surface area (Å²) >= 11 is 0. The highest BCUT2D eigenvalue weighted by Crippen LogP contribution is 2.14. The van der Waals surface area contributed by atoms with E-state index in [4.69, 9.17) is 5.26 Å². The quantitative estimate of drug-likeness (QED) is 0.786. The molecule has 0 aromatic carbocycles. The number of aryl methyl sites for hydroxylation is 1. The zero-order chi connectivity index (χ0) is 12.4. The fraction of sp³-hybridized carbons (Fsp3) is 0.333. The van der Waals surface area contributed by atoms with Gasteiger partial charge in [-0.3, -0.25) is 4.57 Å². The van der Waals surface area contributed by atoms with E-state index in [2.05, 4.69) is 15.0 Å². The van der Waals surface area contributed by atoms with Gasteiger partial charge < -0.3 is 0 Å². The van der Waals surface area contributed by atoms with Gasteiger partial charge in [-0.05, 0) is 6.92 Å². The van der Waals surface area contributed by atoms with E-state index in [9.17, 15) is 0 Å². The van der Waals surface area contributed by atoms with Crippen LogP contribution in [0.5, 0.6) is 0 Å². The smallest absolute Gasteiger partial charge is 0.218 e. The molecule has 0 fully saturated rings. The minimum absolute atomic E-state index is 0.253. The lowest BCUT2D eigenvalue weighted by Gasteiger charge is -2.09. The molecular formula is C12H13N5. The highest BCUT2D eigenvalue weighted by atomic mass is 15.1. The van der Waals surface area contributed by atoms with Crippen molar-refractivity contribution in [1.82, 2.24) is 19.5 Å². The van der Waals surface area contributed by atoms with Crippen molar-refractivity contribution in [1.29, 1.82) is 5.26 Å². The first-order valence-electron chi connectivity index (χ1n) is 5.41. The number of hydrogen-bond acceptors (Lipinski definition) is 4. The summed E-state index contributed by atoms with van der Waals surface area (Å²) in [5.74, 6) is 2.05. The van der Waals surface area contributed by atoms with Gasteiger partial charge in [0, 0.05) is 30.1 Å². The van der Waals surface area contributed by atoms with Crippen LogP contribution in [0.15, 0.2) is 18.5 Å². The second-order valence-corrected chi connectivity index (χ2v) is 4.11. The molecular weight excluding hydrogens is 214 g/mol. The molecule has 0 aliphatic carbocycles. The van der Waals surface area contributed by atoms with Gasteiger partial charge >= 0.3 is 0 Å². The summed E-state index contributed by atoms with van der Waals surface area (Å²) < 4.78 is 1.67. The second kappa shape index (κ2) is 4.34. The van der Waals surface area contributed by atoms with Crippen LogP contribution in [0.2, 0.25) is 0 Å². The molecule has 0 aliphatic rings. The van der Waals surface area contributed by atoms with E-state index in [1.807, 2.05) is 32.9 Å². The Kier molecular flexibility index (Phi) is 2.88. The highest BCUT2D eigenvalue weighted by Gasteiger charge is 2.10.